The van der Waals surface area contributed by atoms with Gasteiger partial charge in [-0.1, -0.05) is 48.5 Å². The molecular formula is C39H45N5O5S2. The smallest absolute Gasteiger partial charge is 0.255 e. The molecule has 3 aromatic carbocycles. The number of rotatable bonds is 10. The lowest BCUT2D eigenvalue weighted by Crippen LogP contribution is -2.39. The van der Waals surface area contributed by atoms with Crippen molar-refractivity contribution in [3.05, 3.63) is 142 Å². The Balaban J connectivity index is 0.000000179. The van der Waals surface area contributed by atoms with E-state index in [0.29, 0.717) is 12.8 Å². The van der Waals surface area contributed by atoms with Crippen molar-refractivity contribution < 1.29 is 16.8 Å². The number of pyridine rings is 1. The summed E-state index contributed by atoms with van der Waals surface area (Å²) < 4.78 is 57.5. The van der Waals surface area contributed by atoms with Crippen LogP contribution in [0.5, 0.6) is 0 Å². The maximum atomic E-state index is 12.2. The van der Waals surface area contributed by atoms with E-state index in [1.54, 1.807) is 50.7 Å². The zero-order valence-corrected chi connectivity index (χ0v) is 31.0. The number of hydrogen-bond donors (Lipinski definition) is 2. The minimum atomic E-state index is -3.27. The molecular weight excluding hydrogens is 683 g/mol. The first-order valence-corrected chi connectivity index (χ1v) is 20.4. The van der Waals surface area contributed by atoms with Crippen LogP contribution in [0, 0.1) is 0 Å². The predicted molar refractivity (Wildman–Crippen MR) is 202 cm³/mol. The Bertz CT molecular complexity index is 2280. The van der Waals surface area contributed by atoms with Crippen LogP contribution < -0.4 is 15.0 Å². The van der Waals surface area contributed by atoms with Crippen molar-refractivity contribution in [2.75, 3.05) is 0 Å². The van der Waals surface area contributed by atoms with E-state index in [-0.39, 0.29) is 17.6 Å². The summed E-state index contributed by atoms with van der Waals surface area (Å²) in [5.41, 5.74) is 8.93. The van der Waals surface area contributed by atoms with Crippen LogP contribution in [0.3, 0.4) is 0 Å². The van der Waals surface area contributed by atoms with Crippen molar-refractivity contribution >= 4 is 20.0 Å². The lowest BCUT2D eigenvalue weighted by atomic mass is 9.99. The molecule has 2 aliphatic rings. The average molecular weight is 728 g/mol. The molecule has 0 saturated carbocycles. The normalized spacial score (nSPS) is 16.9. The second kappa shape index (κ2) is 15.1. The Morgan fingerprint density at radius 2 is 1.27 bits per heavy atom. The van der Waals surface area contributed by atoms with Crippen LogP contribution in [0.25, 0.3) is 16.8 Å². The Kier molecular flexibility index (Phi) is 10.8. The van der Waals surface area contributed by atoms with Gasteiger partial charge in [-0.25, -0.2) is 26.3 Å². The van der Waals surface area contributed by atoms with E-state index >= 15 is 0 Å². The summed E-state index contributed by atoms with van der Waals surface area (Å²) in [4.78, 5) is 11.9. The van der Waals surface area contributed by atoms with E-state index in [1.165, 1.54) is 28.3 Å². The maximum absolute atomic E-state index is 12.2. The van der Waals surface area contributed by atoms with Gasteiger partial charge < -0.3 is 0 Å². The number of hydrogen-bond acceptors (Lipinski definition) is 6. The van der Waals surface area contributed by atoms with Crippen LogP contribution in [-0.2, 0) is 52.3 Å². The van der Waals surface area contributed by atoms with Crippen LogP contribution in [0.4, 0.5) is 0 Å². The predicted octanol–water partition coefficient (Wildman–Crippen LogP) is 5.03. The van der Waals surface area contributed by atoms with Crippen molar-refractivity contribution in [1.29, 1.82) is 0 Å². The van der Waals surface area contributed by atoms with E-state index in [0.717, 1.165) is 41.8 Å². The van der Waals surface area contributed by atoms with Crippen molar-refractivity contribution in [2.45, 2.75) is 82.5 Å². The molecule has 268 valence electrons. The standard InChI is InChI=1S/C22H25N3O2S.C17H20N2O3S/c1-16(2)28(26,27)24-22-13-20-8-7-19(12-21(20)14-22)18-6-3-5-17(11-18)15-25-10-4-9-23-25;1-12(2)23(21,22)18-15-9-13-6-7-16(11-14(13)10-15)19-8-4-3-5-17(19)20/h3-12,16,22,24H,13-15H2,1-2H3;3-8,11-12,15,18H,9-10H2,1-2H3/t22-;15-/m00/s1. The molecule has 0 amide bonds. The highest BCUT2D eigenvalue weighted by Crippen LogP contribution is 2.30. The molecule has 0 radical (unpaired) electrons. The second-order valence-electron chi connectivity index (χ2n) is 13.9. The third-order valence-electron chi connectivity index (χ3n) is 9.43. The van der Waals surface area contributed by atoms with Crippen molar-refractivity contribution in [2.24, 2.45) is 0 Å². The van der Waals surface area contributed by atoms with Gasteiger partial charge in [-0.05, 0) is 123 Å². The summed E-state index contributed by atoms with van der Waals surface area (Å²) in [7, 11) is -6.52. The zero-order valence-electron chi connectivity index (χ0n) is 29.4. The lowest BCUT2D eigenvalue weighted by molar-refractivity contribution is 0.546. The van der Waals surface area contributed by atoms with Gasteiger partial charge in [-0.15, -0.1) is 0 Å². The molecule has 0 unspecified atom stereocenters. The number of nitrogens with zero attached hydrogens (tertiary/aromatic N) is 3. The highest BCUT2D eigenvalue weighted by molar-refractivity contribution is 7.90. The molecule has 7 rings (SSSR count). The SMILES string of the molecule is CC(C)S(=O)(=O)N[C@H]1Cc2ccc(-c3cccc(Cn4cccn4)c3)cc2C1.CC(C)S(=O)(=O)N[C@H]1Cc2ccc(-n3ccccc3=O)cc2C1. The Morgan fingerprint density at radius 3 is 1.88 bits per heavy atom. The lowest BCUT2D eigenvalue weighted by Gasteiger charge is -2.14. The van der Waals surface area contributed by atoms with Gasteiger partial charge in [0.2, 0.25) is 20.0 Å². The van der Waals surface area contributed by atoms with Crippen molar-refractivity contribution in [3.8, 4) is 16.8 Å². The third-order valence-corrected chi connectivity index (χ3v) is 13.2. The topological polar surface area (TPSA) is 132 Å². The van der Waals surface area contributed by atoms with Crippen LogP contribution in [0.2, 0.25) is 0 Å². The Morgan fingerprint density at radius 1 is 0.667 bits per heavy atom. The molecule has 2 heterocycles. The monoisotopic (exact) mass is 727 g/mol. The fourth-order valence-corrected chi connectivity index (χ4v) is 8.33. The quantitative estimate of drug-likeness (QED) is 0.208. The molecule has 2 aromatic heterocycles. The van der Waals surface area contributed by atoms with Gasteiger partial charge in [-0.3, -0.25) is 14.0 Å². The fraction of sp³-hybridized carbons (Fsp3) is 0.333. The Labute approximate surface area is 300 Å². The summed E-state index contributed by atoms with van der Waals surface area (Å²) in [5.74, 6) is 0. The maximum Gasteiger partial charge on any atom is 0.255 e. The molecule has 51 heavy (non-hydrogen) atoms. The molecule has 0 bridgehead atoms. The molecule has 5 aromatic rings. The first-order chi connectivity index (χ1) is 24.3. The van der Waals surface area contributed by atoms with Crippen molar-refractivity contribution in [3.63, 3.8) is 0 Å². The van der Waals surface area contributed by atoms with E-state index in [2.05, 4.69) is 57.0 Å². The Hall–Kier alpha value is -4.36. The largest absolute Gasteiger partial charge is 0.284 e. The molecule has 0 saturated heterocycles. The molecule has 0 fully saturated rings. The van der Waals surface area contributed by atoms with Crippen LogP contribution >= 0.6 is 0 Å². The van der Waals surface area contributed by atoms with E-state index in [4.69, 9.17) is 0 Å². The summed E-state index contributed by atoms with van der Waals surface area (Å²) in [6.07, 6.45) is 8.30. The molecule has 0 aliphatic heterocycles. The van der Waals surface area contributed by atoms with Gasteiger partial charge in [0.05, 0.1) is 17.0 Å². The number of fused-ring (bicyclic) bond motifs is 2. The van der Waals surface area contributed by atoms with Crippen LogP contribution in [0.15, 0.2) is 108 Å². The third kappa shape index (κ3) is 8.75. The van der Waals surface area contributed by atoms with Crippen LogP contribution in [0.1, 0.15) is 55.5 Å². The average Bonchev–Trinajstić information content (AvgIpc) is 3.84. The molecule has 2 aliphatic carbocycles. The van der Waals surface area contributed by atoms with Gasteiger partial charge in [0.25, 0.3) is 5.56 Å². The van der Waals surface area contributed by atoms with E-state index in [9.17, 15) is 21.6 Å². The van der Waals surface area contributed by atoms with E-state index in [1.807, 2.05) is 41.2 Å². The highest BCUT2D eigenvalue weighted by Gasteiger charge is 2.28. The van der Waals surface area contributed by atoms with E-state index < -0.39 is 30.5 Å². The summed E-state index contributed by atoms with van der Waals surface area (Å²) in [5, 5.41) is 3.42. The molecule has 0 spiro atoms. The highest BCUT2D eigenvalue weighted by atomic mass is 32.2. The molecule has 10 nitrogen and oxygen atoms in total. The number of aromatic nitrogens is 3. The number of nitrogens with one attached hydrogen (secondary N) is 2. The van der Waals surface area contributed by atoms with Crippen molar-refractivity contribution in [1.82, 2.24) is 23.8 Å². The van der Waals surface area contributed by atoms with Gasteiger partial charge in [0.15, 0.2) is 0 Å². The molecule has 12 heteroatoms. The first kappa shape index (κ1) is 36.4. The minimum absolute atomic E-state index is 0.0520. The first-order valence-electron chi connectivity index (χ1n) is 17.3. The summed E-state index contributed by atoms with van der Waals surface area (Å²) >= 11 is 0. The number of sulfonamides is 2. The number of benzene rings is 3. The van der Waals surface area contributed by atoms with Gasteiger partial charge in [0.1, 0.15) is 0 Å². The summed E-state index contributed by atoms with van der Waals surface area (Å²) in [6.45, 7) is 7.50. The zero-order chi connectivity index (χ0) is 36.3. The second-order valence-corrected chi connectivity index (χ2v) is 18.4. The minimum Gasteiger partial charge on any atom is -0.284 e. The molecule has 2 N–H and O–H groups in total. The van der Waals surface area contributed by atoms with Gasteiger partial charge in [-0.2, -0.15) is 5.10 Å². The fourth-order valence-electron chi connectivity index (χ4n) is 6.53. The molecule has 2 atom stereocenters. The van der Waals surface area contributed by atoms with Crippen LogP contribution in [-0.4, -0.2) is 53.8 Å². The van der Waals surface area contributed by atoms with Gasteiger partial charge in [0, 0.05) is 42.4 Å². The summed E-state index contributed by atoms with van der Waals surface area (Å²) in [6, 6.07) is 27.6. The van der Waals surface area contributed by atoms with Gasteiger partial charge >= 0.3 is 0 Å².